The van der Waals surface area contributed by atoms with Gasteiger partial charge in [-0.1, -0.05) is 98.1 Å². The molecule has 0 spiro atoms. The van der Waals surface area contributed by atoms with Gasteiger partial charge in [0.25, 0.3) is 0 Å². The number of amides is 1. The van der Waals surface area contributed by atoms with Gasteiger partial charge in [-0.2, -0.15) is 8.42 Å². The van der Waals surface area contributed by atoms with Gasteiger partial charge in [0.2, 0.25) is 5.91 Å². The summed E-state index contributed by atoms with van der Waals surface area (Å²) in [5.74, 6) is 1.47. The topological polar surface area (TPSA) is 94.9 Å². The first-order chi connectivity index (χ1) is 15.5. The maximum Gasteiger partial charge on any atom is 0.394 e. The molecule has 198 valence electrons. The average molecular weight is 492 g/mol. The van der Waals surface area contributed by atoms with Crippen LogP contribution in [0.5, 0.6) is 0 Å². The van der Waals surface area contributed by atoms with E-state index in [9.17, 15) is 4.79 Å². The molecule has 0 heterocycles. The van der Waals surface area contributed by atoms with Crippen molar-refractivity contribution in [3.63, 3.8) is 0 Å². The molecule has 0 aromatic rings. The Labute approximate surface area is 205 Å². The van der Waals surface area contributed by atoms with Crippen LogP contribution in [0.4, 0.5) is 0 Å². The van der Waals surface area contributed by atoms with E-state index in [0.717, 1.165) is 25.9 Å². The predicted molar refractivity (Wildman–Crippen MR) is 140 cm³/mol. The summed E-state index contributed by atoms with van der Waals surface area (Å²) in [4.78, 5) is 14.6. The number of nitrogens with zero attached hydrogens (tertiary/aromatic N) is 1. The summed E-state index contributed by atoms with van der Waals surface area (Å²) < 4.78 is 31.6. The molecule has 0 aromatic carbocycles. The van der Waals surface area contributed by atoms with Crippen LogP contribution in [0, 0.1) is 11.8 Å². The second-order valence-corrected chi connectivity index (χ2v) is 10.8. The van der Waals surface area contributed by atoms with Crippen LogP contribution in [0.2, 0.25) is 0 Å². The van der Waals surface area contributed by atoms with E-state index in [-0.39, 0.29) is 0 Å². The molecule has 0 bridgehead atoms. The van der Waals surface area contributed by atoms with E-state index in [0.29, 0.717) is 17.7 Å². The molecular weight excluding hydrogens is 438 g/mol. The number of allylic oxidation sites excluding steroid dienone is 2. The van der Waals surface area contributed by atoms with Gasteiger partial charge in [-0.15, -0.1) is 0 Å². The van der Waals surface area contributed by atoms with Crippen molar-refractivity contribution in [2.75, 3.05) is 13.1 Å². The lowest BCUT2D eigenvalue weighted by Crippen LogP contribution is -2.36. The number of carbonyl (C=O) groups excluding carboxylic acids is 1. The van der Waals surface area contributed by atoms with E-state index in [2.05, 4.69) is 51.7 Å². The molecular formula is C26H53NO5S. The van der Waals surface area contributed by atoms with Crippen molar-refractivity contribution in [1.29, 1.82) is 0 Å². The zero-order valence-corrected chi connectivity index (χ0v) is 22.9. The van der Waals surface area contributed by atoms with Crippen molar-refractivity contribution in [1.82, 2.24) is 4.90 Å². The van der Waals surface area contributed by atoms with Crippen LogP contribution in [0.3, 0.4) is 0 Å². The zero-order valence-electron chi connectivity index (χ0n) is 22.1. The maximum absolute atomic E-state index is 12.5. The third kappa shape index (κ3) is 33.3. The van der Waals surface area contributed by atoms with Gasteiger partial charge in [-0.3, -0.25) is 13.9 Å². The molecule has 0 atom stereocenters. The molecule has 7 heteroatoms. The molecule has 33 heavy (non-hydrogen) atoms. The highest BCUT2D eigenvalue weighted by atomic mass is 32.3. The first-order valence-corrected chi connectivity index (χ1v) is 14.5. The molecule has 0 rings (SSSR count). The SMILES string of the molecule is CCCCCCCCC=CCCCCCCCC(=O)N(CC(C)C)CC(C)C.O=S(=O)(O)O. The maximum atomic E-state index is 12.5. The van der Waals surface area contributed by atoms with Gasteiger partial charge in [0.05, 0.1) is 0 Å². The average Bonchev–Trinajstić information content (AvgIpc) is 2.68. The van der Waals surface area contributed by atoms with Crippen molar-refractivity contribution in [3.05, 3.63) is 12.2 Å². The van der Waals surface area contributed by atoms with Gasteiger partial charge in [0.15, 0.2) is 0 Å². The van der Waals surface area contributed by atoms with Crippen LogP contribution in [0.1, 0.15) is 125 Å². The molecule has 0 aliphatic carbocycles. The molecule has 0 saturated carbocycles. The fraction of sp³-hybridized carbons (Fsp3) is 0.885. The summed E-state index contributed by atoms with van der Waals surface area (Å²) in [6.07, 6.45) is 22.4. The summed E-state index contributed by atoms with van der Waals surface area (Å²) in [7, 11) is -4.67. The third-order valence-electron chi connectivity index (χ3n) is 5.18. The Bertz CT molecular complexity index is 555. The van der Waals surface area contributed by atoms with Crippen LogP contribution >= 0.6 is 0 Å². The Morgan fingerprint density at radius 1 is 0.727 bits per heavy atom. The van der Waals surface area contributed by atoms with Gasteiger partial charge in [-0.25, -0.2) is 0 Å². The minimum Gasteiger partial charge on any atom is -0.342 e. The van der Waals surface area contributed by atoms with Crippen LogP contribution in [-0.2, 0) is 15.2 Å². The lowest BCUT2D eigenvalue weighted by atomic mass is 10.1. The minimum atomic E-state index is -4.67. The molecule has 0 aliphatic rings. The van der Waals surface area contributed by atoms with Crippen molar-refractivity contribution in [3.8, 4) is 0 Å². The Morgan fingerprint density at radius 2 is 1.09 bits per heavy atom. The van der Waals surface area contributed by atoms with Gasteiger partial charge in [0.1, 0.15) is 0 Å². The second kappa shape index (κ2) is 22.9. The molecule has 0 aliphatic heterocycles. The lowest BCUT2D eigenvalue weighted by molar-refractivity contribution is -0.132. The Kier molecular flexibility index (Phi) is 23.7. The highest BCUT2D eigenvalue weighted by molar-refractivity contribution is 7.79. The largest absolute Gasteiger partial charge is 0.394 e. The summed E-state index contributed by atoms with van der Waals surface area (Å²) >= 11 is 0. The van der Waals surface area contributed by atoms with Crippen molar-refractivity contribution in [2.24, 2.45) is 11.8 Å². The van der Waals surface area contributed by atoms with Crippen molar-refractivity contribution < 1.29 is 22.3 Å². The van der Waals surface area contributed by atoms with E-state index in [1.54, 1.807) is 0 Å². The van der Waals surface area contributed by atoms with Crippen molar-refractivity contribution in [2.45, 2.75) is 125 Å². The van der Waals surface area contributed by atoms with Gasteiger partial charge >= 0.3 is 10.4 Å². The first kappa shape index (κ1) is 34.2. The molecule has 1 amide bonds. The normalized spacial score (nSPS) is 11.8. The van der Waals surface area contributed by atoms with Crippen molar-refractivity contribution >= 4 is 16.3 Å². The summed E-state index contributed by atoms with van der Waals surface area (Å²) in [6, 6.07) is 0. The lowest BCUT2D eigenvalue weighted by Gasteiger charge is -2.26. The quantitative estimate of drug-likeness (QED) is 0.111. The van der Waals surface area contributed by atoms with E-state index < -0.39 is 10.4 Å². The molecule has 0 radical (unpaired) electrons. The monoisotopic (exact) mass is 491 g/mol. The van der Waals surface area contributed by atoms with Gasteiger partial charge in [-0.05, 0) is 43.9 Å². The third-order valence-corrected chi connectivity index (χ3v) is 5.18. The molecule has 6 nitrogen and oxygen atoms in total. The van der Waals surface area contributed by atoms with E-state index in [1.165, 1.54) is 77.0 Å². The molecule has 0 fully saturated rings. The Balaban J connectivity index is 0. The highest BCUT2D eigenvalue weighted by Crippen LogP contribution is 2.12. The number of hydrogen-bond acceptors (Lipinski definition) is 3. The summed E-state index contributed by atoms with van der Waals surface area (Å²) in [5.41, 5.74) is 0. The number of hydrogen-bond donors (Lipinski definition) is 2. The van der Waals surface area contributed by atoms with E-state index >= 15 is 0 Å². The summed E-state index contributed by atoms with van der Waals surface area (Å²) in [6.45, 7) is 12.9. The zero-order chi connectivity index (χ0) is 25.5. The first-order valence-electron chi connectivity index (χ1n) is 13.1. The standard InChI is InChI=1S/C26H51NO.H2O4S/c1-6-7-8-9-10-11-12-13-14-15-16-17-18-19-20-21-26(28)27(22-24(2)3)23-25(4)5;1-5(2,3)4/h13-14,24-25H,6-12,15-23H2,1-5H3;(H2,1,2,3,4). The Morgan fingerprint density at radius 3 is 1.48 bits per heavy atom. The smallest absolute Gasteiger partial charge is 0.342 e. The van der Waals surface area contributed by atoms with E-state index in [1.807, 2.05) is 0 Å². The molecule has 0 aromatic heterocycles. The van der Waals surface area contributed by atoms with Crippen LogP contribution < -0.4 is 0 Å². The predicted octanol–water partition coefficient (Wildman–Crippen LogP) is 7.51. The number of rotatable bonds is 19. The second-order valence-electron chi connectivity index (χ2n) is 9.87. The van der Waals surface area contributed by atoms with Gasteiger partial charge < -0.3 is 4.90 Å². The fourth-order valence-corrected chi connectivity index (χ4v) is 3.66. The fourth-order valence-electron chi connectivity index (χ4n) is 3.66. The van der Waals surface area contributed by atoms with Crippen LogP contribution in [0.15, 0.2) is 12.2 Å². The highest BCUT2D eigenvalue weighted by Gasteiger charge is 2.15. The minimum absolute atomic E-state index is 0.361. The number of carbonyl (C=O) groups is 1. The van der Waals surface area contributed by atoms with E-state index in [4.69, 9.17) is 17.5 Å². The van der Waals surface area contributed by atoms with Crippen LogP contribution in [0.25, 0.3) is 0 Å². The summed E-state index contributed by atoms with van der Waals surface area (Å²) in [5, 5.41) is 0. The molecule has 2 N–H and O–H groups in total. The Hall–Kier alpha value is -0.920. The molecule has 0 unspecified atom stereocenters. The van der Waals surface area contributed by atoms with Gasteiger partial charge in [0, 0.05) is 19.5 Å². The molecule has 0 saturated heterocycles. The number of unbranched alkanes of at least 4 members (excludes halogenated alkanes) is 11. The van der Waals surface area contributed by atoms with Crippen LogP contribution in [-0.4, -0.2) is 41.4 Å².